The lowest BCUT2D eigenvalue weighted by atomic mass is 9.97. The fourth-order valence-corrected chi connectivity index (χ4v) is 17.4. The third-order valence-electron chi connectivity index (χ3n) is 15.7. The molecular weight excluding hydrogens is 1470 g/mol. The van der Waals surface area contributed by atoms with E-state index in [0.717, 1.165) is 44.5 Å². The maximum Gasteiger partial charge on any atom is 0.243 e. The summed E-state index contributed by atoms with van der Waals surface area (Å²) in [4.78, 5) is 0.117. The molecule has 0 saturated heterocycles. The summed E-state index contributed by atoms with van der Waals surface area (Å²) in [5.41, 5.74) is 11.4. The molecule has 0 unspecified atom stereocenters. The molecule has 0 N–H and O–H groups in total. The zero-order valence-electron chi connectivity index (χ0n) is 50.3. The molecule has 20 heteroatoms. The molecule has 9 aromatic carbocycles. The first-order chi connectivity index (χ1) is 43.0. The first-order valence-corrected chi connectivity index (χ1v) is 39.2. The molecule has 9 rings (SSSR count). The third kappa shape index (κ3) is 17.2. The van der Waals surface area contributed by atoms with Crippen LogP contribution in [0.4, 0.5) is 0 Å². The van der Waals surface area contributed by atoms with Gasteiger partial charge in [0.25, 0.3) is 0 Å². The highest BCUT2D eigenvalue weighted by atomic mass is 79.9. The van der Waals surface area contributed by atoms with Crippen LogP contribution in [0.5, 0.6) is 0 Å². The summed E-state index contributed by atoms with van der Waals surface area (Å²) in [7, 11) is -17.5. The molecule has 470 valence electrons. The molecule has 0 spiro atoms. The van der Waals surface area contributed by atoms with E-state index in [1.54, 1.807) is 109 Å². The van der Waals surface area contributed by atoms with Crippen molar-refractivity contribution in [2.24, 2.45) is 0 Å². The standard InChI is InChI=1S/C70H70Br4N4O8S4/c1-51-5-29-67(30-6-51)87(79,80)75(43-59-21-13-55(39-71)14-22-59)47-63-37-65(49-77(45-61-25-17-57(41-73)18-26-61)89(83,84)69-33-9-53(3)10-34-69)66(50-78(46-62-27-19-58(42-74)20-28-62)90(85,86)70-35-11-54(4)12-36-70)38-64(63)48-76(44-60-23-15-56(40-72)16-24-60)88(81,82)68-31-7-52(2)8-32-68/h5-38H,39-50H2,1-4H3. The SMILES string of the molecule is Cc1ccc(S(=O)(=O)N(Cc2ccc(CBr)cc2)Cc2cc(CN(Cc3ccc(CBr)cc3)S(=O)(=O)c3ccc(C)cc3)c(CN(Cc3ccc(CBr)cc3)S(=O)(=O)c3ccc(C)cc3)cc2CN(Cc2ccc(CBr)cc2)S(=O)(=O)c2ccc(C)cc2)cc1. The van der Waals surface area contributed by atoms with Crippen LogP contribution in [0.25, 0.3) is 0 Å². The molecule has 0 aliphatic carbocycles. The van der Waals surface area contributed by atoms with E-state index in [2.05, 4.69) is 63.7 Å². The van der Waals surface area contributed by atoms with Gasteiger partial charge in [0.1, 0.15) is 0 Å². The Morgan fingerprint density at radius 2 is 0.389 bits per heavy atom. The van der Waals surface area contributed by atoms with Crippen molar-refractivity contribution in [1.82, 2.24) is 17.2 Å². The molecule has 0 radical (unpaired) electrons. The van der Waals surface area contributed by atoms with Gasteiger partial charge in [-0.3, -0.25) is 0 Å². The molecule has 0 fully saturated rings. The Balaban J connectivity index is 1.34. The summed E-state index contributed by atoms with van der Waals surface area (Å²) in [6.45, 7) is 5.69. The lowest BCUT2D eigenvalue weighted by Crippen LogP contribution is -2.35. The number of hydrogen-bond acceptors (Lipinski definition) is 8. The van der Waals surface area contributed by atoms with Crippen molar-refractivity contribution in [3.8, 4) is 0 Å². The summed E-state index contributed by atoms with van der Waals surface area (Å²) in [5, 5.41) is 2.30. The average Bonchev–Trinajstić information content (AvgIpc) is 0.909. The summed E-state index contributed by atoms with van der Waals surface area (Å²) < 4.78 is 130. The van der Waals surface area contributed by atoms with E-state index in [1.807, 2.05) is 125 Å². The number of sulfonamides is 4. The van der Waals surface area contributed by atoms with Crippen molar-refractivity contribution >= 4 is 104 Å². The maximum atomic E-state index is 15.5. The van der Waals surface area contributed by atoms with Crippen LogP contribution < -0.4 is 0 Å². The van der Waals surface area contributed by atoms with Gasteiger partial charge in [-0.2, -0.15) is 17.2 Å². The molecule has 0 aliphatic heterocycles. The van der Waals surface area contributed by atoms with Gasteiger partial charge < -0.3 is 0 Å². The fourth-order valence-electron chi connectivity index (χ4n) is 10.2. The number of halogens is 4. The van der Waals surface area contributed by atoms with Crippen LogP contribution in [0, 0.1) is 27.7 Å². The Bertz CT molecular complexity index is 3810. The smallest absolute Gasteiger partial charge is 0.207 e. The fraction of sp³-hybridized carbons (Fsp3) is 0.229. The predicted molar refractivity (Wildman–Crippen MR) is 373 cm³/mol. The van der Waals surface area contributed by atoms with E-state index < -0.39 is 40.1 Å². The van der Waals surface area contributed by atoms with E-state index in [-0.39, 0.29) is 71.9 Å². The van der Waals surface area contributed by atoms with Crippen LogP contribution in [0.2, 0.25) is 0 Å². The van der Waals surface area contributed by atoms with E-state index >= 15 is 33.7 Å². The number of nitrogens with zero attached hydrogens (tertiary/aromatic N) is 4. The topological polar surface area (TPSA) is 150 Å². The predicted octanol–water partition coefficient (Wildman–Crippen LogP) is 16.1. The second-order valence-corrected chi connectivity index (χ2v) is 32.5. The van der Waals surface area contributed by atoms with Gasteiger partial charge in [-0.25, -0.2) is 33.7 Å². The molecular formula is C70H70Br4N4O8S4. The summed E-state index contributed by atoms with van der Waals surface area (Å²) in [6.07, 6.45) is 0. The molecule has 12 nitrogen and oxygen atoms in total. The van der Waals surface area contributed by atoms with Gasteiger partial charge in [-0.15, -0.1) is 0 Å². The van der Waals surface area contributed by atoms with Gasteiger partial charge >= 0.3 is 0 Å². The third-order valence-corrected chi connectivity index (χ3v) is 25.5. The van der Waals surface area contributed by atoms with Crippen LogP contribution in [0.3, 0.4) is 0 Å². The van der Waals surface area contributed by atoms with Crippen LogP contribution in [0.15, 0.2) is 226 Å². The quantitative estimate of drug-likeness (QED) is 0.0440. The number of benzene rings is 9. The molecule has 0 heterocycles. The molecule has 0 aliphatic rings. The number of alkyl halides is 4. The first-order valence-electron chi connectivity index (χ1n) is 28.9. The van der Waals surface area contributed by atoms with Crippen LogP contribution in [0.1, 0.15) is 89.0 Å². The van der Waals surface area contributed by atoms with Crippen molar-refractivity contribution in [2.45, 2.75) is 121 Å². The van der Waals surface area contributed by atoms with Crippen LogP contribution in [-0.4, -0.2) is 50.9 Å². The van der Waals surface area contributed by atoms with Gasteiger partial charge in [0.2, 0.25) is 40.1 Å². The van der Waals surface area contributed by atoms with Gasteiger partial charge in [0.15, 0.2) is 0 Å². The van der Waals surface area contributed by atoms with Crippen LogP contribution >= 0.6 is 63.7 Å². The highest BCUT2D eigenvalue weighted by Crippen LogP contribution is 2.34. The van der Waals surface area contributed by atoms with Crippen molar-refractivity contribution in [2.75, 3.05) is 0 Å². The molecule has 0 amide bonds. The second-order valence-electron chi connectivity index (χ2n) is 22.5. The van der Waals surface area contributed by atoms with Crippen molar-refractivity contribution < 1.29 is 33.7 Å². The Hall–Kier alpha value is -5.46. The zero-order chi connectivity index (χ0) is 64.4. The van der Waals surface area contributed by atoms with Crippen molar-refractivity contribution in [3.05, 3.63) is 295 Å². The van der Waals surface area contributed by atoms with E-state index in [0.29, 0.717) is 65.8 Å². The second kappa shape index (κ2) is 30.5. The molecule has 0 aromatic heterocycles. The summed E-state index contributed by atoms with van der Waals surface area (Å²) in [6, 6.07) is 60.2. The Labute approximate surface area is 565 Å². The average molecular weight is 1540 g/mol. The van der Waals surface area contributed by atoms with Crippen molar-refractivity contribution in [1.29, 1.82) is 0 Å². The minimum atomic E-state index is -4.38. The maximum absolute atomic E-state index is 15.5. The van der Waals surface area contributed by atoms with E-state index in [9.17, 15) is 0 Å². The lowest BCUT2D eigenvalue weighted by Gasteiger charge is -2.30. The van der Waals surface area contributed by atoms with Gasteiger partial charge in [-0.05, 0) is 143 Å². The number of rotatable bonds is 28. The molecule has 0 atom stereocenters. The normalized spacial score (nSPS) is 12.4. The number of hydrogen-bond donors (Lipinski definition) is 0. The Morgan fingerprint density at radius 3 is 0.544 bits per heavy atom. The highest BCUT2D eigenvalue weighted by Gasteiger charge is 2.34. The highest BCUT2D eigenvalue weighted by molar-refractivity contribution is 9.09. The number of aryl methyl sites for hydroxylation is 4. The van der Waals surface area contributed by atoms with Gasteiger partial charge in [-0.1, -0.05) is 244 Å². The van der Waals surface area contributed by atoms with Crippen LogP contribution in [-0.2, 0) is 114 Å². The van der Waals surface area contributed by atoms with E-state index in [1.165, 1.54) is 17.2 Å². The minimum Gasteiger partial charge on any atom is -0.207 e. The molecule has 0 saturated carbocycles. The van der Waals surface area contributed by atoms with E-state index in [4.69, 9.17) is 0 Å². The Kier molecular flexibility index (Phi) is 23.4. The van der Waals surface area contributed by atoms with Crippen molar-refractivity contribution in [3.63, 3.8) is 0 Å². The lowest BCUT2D eigenvalue weighted by molar-refractivity contribution is 0.376. The Morgan fingerprint density at radius 1 is 0.233 bits per heavy atom. The summed E-state index contributed by atoms with van der Waals surface area (Å²) >= 11 is 14.2. The molecule has 90 heavy (non-hydrogen) atoms. The zero-order valence-corrected chi connectivity index (χ0v) is 59.9. The molecule has 9 aromatic rings. The van der Waals surface area contributed by atoms with Gasteiger partial charge in [0.05, 0.1) is 19.6 Å². The van der Waals surface area contributed by atoms with Gasteiger partial charge in [0, 0.05) is 73.7 Å². The monoisotopic (exact) mass is 1540 g/mol. The first kappa shape index (κ1) is 68.9. The minimum absolute atomic E-state index is 0.0292. The largest absolute Gasteiger partial charge is 0.243 e. The molecule has 0 bridgehead atoms. The summed E-state index contributed by atoms with van der Waals surface area (Å²) in [5.74, 6) is 0.